The van der Waals surface area contributed by atoms with E-state index in [1.807, 2.05) is 43.3 Å². The number of hydrogen-bond donors (Lipinski definition) is 0. The summed E-state index contributed by atoms with van der Waals surface area (Å²) in [7, 11) is 0. The first-order valence-electron chi connectivity index (χ1n) is 7.98. The van der Waals surface area contributed by atoms with Gasteiger partial charge in [0.15, 0.2) is 11.6 Å². The Morgan fingerprint density at radius 3 is 2.92 bits per heavy atom. The van der Waals surface area contributed by atoms with E-state index in [1.54, 1.807) is 0 Å². The molecule has 3 aromatic rings. The van der Waals surface area contributed by atoms with Gasteiger partial charge in [0.05, 0.1) is 6.61 Å². The van der Waals surface area contributed by atoms with Crippen LogP contribution in [0.3, 0.4) is 0 Å². The Bertz CT molecular complexity index is 804. The van der Waals surface area contributed by atoms with Crippen LogP contribution in [0, 0.1) is 6.92 Å². The highest BCUT2D eigenvalue weighted by molar-refractivity contribution is 5.51. The summed E-state index contributed by atoms with van der Waals surface area (Å²) in [4.78, 5) is 4.46. The van der Waals surface area contributed by atoms with Crippen LogP contribution in [-0.2, 0) is 11.3 Å². The maximum atomic E-state index is 5.85. The lowest BCUT2D eigenvalue weighted by Gasteiger charge is -2.02. The third kappa shape index (κ3) is 3.05. The van der Waals surface area contributed by atoms with Crippen LogP contribution in [0.25, 0.3) is 11.7 Å². The van der Waals surface area contributed by atoms with E-state index in [2.05, 4.69) is 10.1 Å². The third-order valence-electron chi connectivity index (χ3n) is 4.02. The van der Waals surface area contributed by atoms with Gasteiger partial charge in [-0.3, -0.25) is 0 Å². The van der Waals surface area contributed by atoms with Gasteiger partial charge < -0.3 is 18.4 Å². The number of hydrogen-bond acceptors (Lipinski definition) is 6. The summed E-state index contributed by atoms with van der Waals surface area (Å²) in [5, 5.41) is 4.06. The van der Waals surface area contributed by atoms with Gasteiger partial charge >= 0.3 is 0 Å². The quantitative estimate of drug-likeness (QED) is 0.711. The van der Waals surface area contributed by atoms with Gasteiger partial charge in [-0.2, -0.15) is 4.98 Å². The lowest BCUT2D eigenvalue weighted by atomic mass is 10.1. The fraction of sp³-hybridized carbons (Fsp3) is 0.333. The lowest BCUT2D eigenvalue weighted by molar-refractivity contribution is 0.192. The molecule has 0 saturated carbocycles. The van der Waals surface area contributed by atoms with Crippen molar-refractivity contribution in [3.05, 3.63) is 53.5 Å². The first-order chi connectivity index (χ1) is 11.8. The van der Waals surface area contributed by atoms with Gasteiger partial charge in [-0.05, 0) is 31.5 Å². The first kappa shape index (κ1) is 15.0. The average molecular weight is 326 g/mol. The van der Waals surface area contributed by atoms with E-state index < -0.39 is 0 Å². The van der Waals surface area contributed by atoms with Crippen molar-refractivity contribution in [1.82, 2.24) is 10.1 Å². The van der Waals surface area contributed by atoms with Crippen LogP contribution in [0.2, 0.25) is 0 Å². The Balaban J connectivity index is 1.49. The molecule has 2 aromatic heterocycles. The van der Waals surface area contributed by atoms with Crippen molar-refractivity contribution >= 4 is 0 Å². The van der Waals surface area contributed by atoms with E-state index in [9.17, 15) is 0 Å². The van der Waals surface area contributed by atoms with E-state index in [-0.39, 0.29) is 5.92 Å². The molecule has 3 heterocycles. The summed E-state index contributed by atoms with van der Waals surface area (Å²) in [5.41, 5.74) is 0.944. The molecular formula is C18H18N2O4. The summed E-state index contributed by atoms with van der Waals surface area (Å²) >= 11 is 0. The van der Waals surface area contributed by atoms with E-state index in [0.717, 1.165) is 30.1 Å². The first-order valence-corrected chi connectivity index (χ1v) is 7.98. The van der Waals surface area contributed by atoms with Crippen molar-refractivity contribution in [2.75, 3.05) is 13.2 Å². The Hall–Kier alpha value is -2.60. The number of benzene rings is 1. The number of para-hydroxylation sites is 1. The van der Waals surface area contributed by atoms with Crippen molar-refractivity contribution in [3.63, 3.8) is 0 Å². The predicted octanol–water partition coefficient (Wildman–Crippen LogP) is 3.72. The maximum absolute atomic E-state index is 5.85. The van der Waals surface area contributed by atoms with Gasteiger partial charge in [0.25, 0.3) is 5.89 Å². The fourth-order valence-corrected chi connectivity index (χ4v) is 2.73. The molecule has 0 spiro atoms. The molecule has 0 aliphatic carbocycles. The standard InChI is InChI=1S/C18H18N2O4/c1-12-9-15(11-22-14-5-3-2-4-6-14)23-16(12)18-19-17(20-24-18)13-7-8-21-10-13/h2-6,9,13H,7-8,10-11H2,1H3. The lowest BCUT2D eigenvalue weighted by Crippen LogP contribution is -1.99. The highest BCUT2D eigenvalue weighted by Gasteiger charge is 2.25. The molecule has 0 N–H and O–H groups in total. The average Bonchev–Trinajstić information content (AvgIpc) is 3.34. The minimum Gasteiger partial charge on any atom is -0.486 e. The van der Waals surface area contributed by atoms with Crippen LogP contribution in [0.1, 0.15) is 29.5 Å². The van der Waals surface area contributed by atoms with Crippen molar-refractivity contribution in [1.29, 1.82) is 0 Å². The number of aromatic nitrogens is 2. The van der Waals surface area contributed by atoms with E-state index in [4.69, 9.17) is 18.4 Å². The summed E-state index contributed by atoms with van der Waals surface area (Å²) in [6.45, 7) is 3.69. The molecule has 6 nitrogen and oxygen atoms in total. The molecule has 4 rings (SSSR count). The molecule has 1 aromatic carbocycles. The molecule has 1 fully saturated rings. The van der Waals surface area contributed by atoms with Gasteiger partial charge in [-0.25, -0.2) is 0 Å². The fourth-order valence-electron chi connectivity index (χ4n) is 2.73. The van der Waals surface area contributed by atoms with Crippen molar-refractivity contribution < 1.29 is 18.4 Å². The van der Waals surface area contributed by atoms with Crippen molar-refractivity contribution in [2.24, 2.45) is 0 Å². The Morgan fingerprint density at radius 2 is 2.12 bits per heavy atom. The normalized spacial score (nSPS) is 17.3. The van der Waals surface area contributed by atoms with Gasteiger partial charge in [0, 0.05) is 18.1 Å². The Morgan fingerprint density at radius 1 is 1.25 bits per heavy atom. The second kappa shape index (κ2) is 6.49. The summed E-state index contributed by atoms with van der Waals surface area (Å²) in [5.74, 6) is 3.41. The highest BCUT2D eigenvalue weighted by Crippen LogP contribution is 2.29. The van der Waals surface area contributed by atoms with Crippen LogP contribution in [0.4, 0.5) is 0 Å². The van der Waals surface area contributed by atoms with Crippen LogP contribution < -0.4 is 4.74 Å². The van der Waals surface area contributed by atoms with Gasteiger partial charge in [-0.15, -0.1) is 0 Å². The maximum Gasteiger partial charge on any atom is 0.293 e. The van der Waals surface area contributed by atoms with Crippen molar-refractivity contribution in [3.8, 4) is 17.4 Å². The van der Waals surface area contributed by atoms with E-state index in [1.165, 1.54) is 0 Å². The van der Waals surface area contributed by atoms with E-state index >= 15 is 0 Å². The van der Waals surface area contributed by atoms with Crippen LogP contribution in [0.5, 0.6) is 5.75 Å². The number of nitrogens with zero attached hydrogens (tertiary/aromatic N) is 2. The molecule has 1 atom stereocenters. The Kier molecular flexibility index (Phi) is 4.04. The molecule has 0 amide bonds. The topological polar surface area (TPSA) is 70.5 Å². The summed E-state index contributed by atoms with van der Waals surface area (Å²) in [6, 6.07) is 11.6. The van der Waals surface area contributed by atoms with E-state index in [0.29, 0.717) is 30.7 Å². The largest absolute Gasteiger partial charge is 0.486 e. The molecule has 24 heavy (non-hydrogen) atoms. The molecule has 1 unspecified atom stereocenters. The second-order valence-electron chi connectivity index (χ2n) is 5.84. The SMILES string of the molecule is Cc1cc(COc2ccccc2)oc1-c1nc(C2CCOC2)no1. The molecule has 1 saturated heterocycles. The summed E-state index contributed by atoms with van der Waals surface area (Å²) < 4.78 is 22.3. The zero-order valence-corrected chi connectivity index (χ0v) is 13.4. The van der Waals surface area contributed by atoms with Gasteiger partial charge in [0.1, 0.15) is 18.1 Å². The smallest absolute Gasteiger partial charge is 0.293 e. The highest BCUT2D eigenvalue weighted by atomic mass is 16.5. The van der Waals surface area contributed by atoms with Gasteiger partial charge in [-0.1, -0.05) is 23.4 Å². The molecular weight excluding hydrogens is 308 g/mol. The number of ether oxygens (including phenoxy) is 2. The van der Waals surface area contributed by atoms with Crippen molar-refractivity contribution in [2.45, 2.75) is 25.9 Å². The molecule has 0 radical (unpaired) electrons. The molecule has 6 heteroatoms. The third-order valence-corrected chi connectivity index (χ3v) is 4.02. The molecule has 124 valence electrons. The second-order valence-corrected chi connectivity index (χ2v) is 5.84. The number of rotatable bonds is 5. The van der Waals surface area contributed by atoms with Crippen LogP contribution in [0.15, 0.2) is 45.3 Å². The summed E-state index contributed by atoms with van der Waals surface area (Å²) in [6.07, 6.45) is 0.923. The van der Waals surface area contributed by atoms with Crippen LogP contribution >= 0.6 is 0 Å². The number of furan rings is 1. The number of aryl methyl sites for hydroxylation is 1. The molecule has 1 aliphatic rings. The van der Waals surface area contributed by atoms with Gasteiger partial charge in [0.2, 0.25) is 0 Å². The van der Waals surface area contributed by atoms with Crippen LogP contribution in [-0.4, -0.2) is 23.4 Å². The predicted molar refractivity (Wildman–Crippen MR) is 85.7 cm³/mol. The molecule has 1 aliphatic heterocycles. The minimum absolute atomic E-state index is 0.207. The zero-order valence-electron chi connectivity index (χ0n) is 13.4. The molecule has 0 bridgehead atoms. The zero-order chi connectivity index (χ0) is 16.4. The monoisotopic (exact) mass is 326 g/mol. The Labute approximate surface area is 139 Å². The minimum atomic E-state index is 0.207.